The van der Waals surface area contributed by atoms with Crippen LogP contribution in [-0.4, -0.2) is 57.8 Å². The molecule has 7 nitrogen and oxygen atoms in total. The maximum Gasteiger partial charge on any atom is 0.417 e. The summed E-state index contributed by atoms with van der Waals surface area (Å²) in [7, 11) is 0. The zero-order chi connectivity index (χ0) is 26.3. The highest BCUT2D eigenvalue weighted by Crippen LogP contribution is 2.43. The predicted molar refractivity (Wildman–Crippen MR) is 137 cm³/mol. The van der Waals surface area contributed by atoms with Crippen LogP contribution >= 0.6 is 34.5 Å². The van der Waals surface area contributed by atoms with Gasteiger partial charge in [0.25, 0.3) is 0 Å². The molecule has 1 unspecified atom stereocenters. The second kappa shape index (κ2) is 10.1. The van der Waals surface area contributed by atoms with Crippen LogP contribution in [0.5, 0.6) is 5.88 Å². The van der Waals surface area contributed by atoms with Gasteiger partial charge in [0.2, 0.25) is 5.88 Å². The van der Waals surface area contributed by atoms with Gasteiger partial charge in [-0.3, -0.25) is 5.10 Å². The molecule has 0 saturated carbocycles. The van der Waals surface area contributed by atoms with E-state index in [1.165, 1.54) is 18.2 Å². The second-order valence-electron chi connectivity index (χ2n) is 8.33. The first-order valence-electron chi connectivity index (χ1n) is 11.0. The monoisotopic (exact) mass is 570 g/mol. The Hall–Kier alpha value is -2.83. The van der Waals surface area contributed by atoms with Gasteiger partial charge in [-0.2, -0.15) is 23.3 Å². The molecule has 4 aromatic rings. The summed E-state index contributed by atoms with van der Waals surface area (Å²) >= 11 is 13.2. The molecule has 0 bridgehead atoms. The van der Waals surface area contributed by atoms with E-state index in [1.807, 2.05) is 4.90 Å². The number of aliphatic hydroxyl groups is 1. The molecule has 13 heteroatoms. The number of halogens is 5. The molecule has 0 aliphatic carbocycles. The van der Waals surface area contributed by atoms with Gasteiger partial charge < -0.3 is 19.8 Å². The SMILES string of the molecule is OCC1CN(c2nc(O)c(C(=Cc3ccc(Cl)cc3C(F)(F)F)c3ccc4n[nH]c(Cl)c4c3)s2)CCO1. The number of fused-ring (bicyclic) bond motifs is 1. The van der Waals surface area contributed by atoms with Crippen molar-refractivity contribution in [3.8, 4) is 5.88 Å². The number of morpholine rings is 1. The lowest BCUT2D eigenvalue weighted by Gasteiger charge is -2.31. The highest BCUT2D eigenvalue weighted by molar-refractivity contribution is 7.17. The first-order chi connectivity index (χ1) is 17.6. The van der Waals surface area contributed by atoms with Gasteiger partial charge in [0, 0.05) is 29.1 Å². The zero-order valence-electron chi connectivity index (χ0n) is 18.9. The number of aliphatic hydroxyl groups excluding tert-OH is 1. The molecule has 194 valence electrons. The van der Waals surface area contributed by atoms with Crippen molar-refractivity contribution in [2.24, 2.45) is 0 Å². The van der Waals surface area contributed by atoms with Crippen molar-refractivity contribution in [1.82, 2.24) is 15.2 Å². The number of nitrogens with zero attached hydrogens (tertiary/aromatic N) is 3. The molecule has 5 rings (SSSR count). The Morgan fingerprint density at radius 1 is 1.24 bits per heavy atom. The molecule has 0 spiro atoms. The number of thiazole rings is 1. The maximum absolute atomic E-state index is 13.9. The Kier molecular flexibility index (Phi) is 7.08. The predicted octanol–water partition coefficient (Wildman–Crippen LogP) is 5.84. The fraction of sp³-hybridized carbons (Fsp3) is 0.250. The van der Waals surface area contributed by atoms with Gasteiger partial charge in [-0.1, -0.05) is 46.7 Å². The van der Waals surface area contributed by atoms with Crippen LogP contribution in [0, 0.1) is 0 Å². The number of anilines is 1. The summed E-state index contributed by atoms with van der Waals surface area (Å²) in [4.78, 5) is 6.40. The Bertz CT molecular complexity index is 1490. The van der Waals surface area contributed by atoms with E-state index < -0.39 is 17.8 Å². The van der Waals surface area contributed by atoms with Crippen molar-refractivity contribution in [2.75, 3.05) is 31.2 Å². The second-order valence-corrected chi connectivity index (χ2v) is 10.1. The fourth-order valence-corrected chi connectivity index (χ4v) is 5.50. The van der Waals surface area contributed by atoms with Crippen molar-refractivity contribution >= 4 is 62.2 Å². The van der Waals surface area contributed by atoms with Gasteiger partial charge in [0.1, 0.15) is 10.0 Å². The number of rotatable bonds is 5. The molecule has 1 fully saturated rings. The first-order valence-corrected chi connectivity index (χ1v) is 12.6. The van der Waals surface area contributed by atoms with Crippen LogP contribution in [0.3, 0.4) is 0 Å². The zero-order valence-corrected chi connectivity index (χ0v) is 21.2. The third-order valence-electron chi connectivity index (χ3n) is 5.89. The number of aromatic nitrogens is 3. The Labute approximate surface area is 222 Å². The van der Waals surface area contributed by atoms with E-state index in [1.54, 1.807) is 18.2 Å². The topological polar surface area (TPSA) is 94.5 Å². The smallest absolute Gasteiger partial charge is 0.417 e. The molecule has 37 heavy (non-hydrogen) atoms. The van der Waals surface area contributed by atoms with E-state index in [9.17, 15) is 23.4 Å². The normalized spacial score (nSPS) is 17.1. The van der Waals surface area contributed by atoms with Crippen molar-refractivity contribution in [2.45, 2.75) is 12.3 Å². The fourth-order valence-electron chi connectivity index (χ4n) is 4.10. The minimum absolute atomic E-state index is 0.0497. The van der Waals surface area contributed by atoms with E-state index >= 15 is 0 Å². The van der Waals surface area contributed by atoms with Gasteiger partial charge in [0.05, 0.1) is 30.4 Å². The number of aromatic hydroxyl groups is 1. The van der Waals surface area contributed by atoms with Crippen molar-refractivity contribution < 1.29 is 28.1 Å². The third-order valence-corrected chi connectivity index (χ3v) is 7.56. The number of benzene rings is 2. The summed E-state index contributed by atoms with van der Waals surface area (Å²) in [5.74, 6) is -0.334. The number of aromatic amines is 1. The minimum Gasteiger partial charge on any atom is -0.492 e. The number of hydrogen-bond acceptors (Lipinski definition) is 7. The molecule has 0 amide bonds. The van der Waals surface area contributed by atoms with Crippen LogP contribution in [0.2, 0.25) is 10.2 Å². The van der Waals surface area contributed by atoms with Gasteiger partial charge in [-0.05, 0) is 41.5 Å². The number of alkyl halides is 3. The lowest BCUT2D eigenvalue weighted by molar-refractivity contribution is -0.137. The minimum atomic E-state index is -4.66. The van der Waals surface area contributed by atoms with Gasteiger partial charge >= 0.3 is 6.18 Å². The molecular weight excluding hydrogens is 552 g/mol. The number of nitrogens with one attached hydrogen (secondary N) is 1. The first kappa shape index (κ1) is 25.8. The number of ether oxygens (including phenoxy) is 1. The van der Waals surface area contributed by atoms with E-state index in [4.69, 9.17) is 27.9 Å². The molecule has 2 aromatic heterocycles. The van der Waals surface area contributed by atoms with Gasteiger partial charge in [-0.15, -0.1) is 0 Å². The summed E-state index contributed by atoms with van der Waals surface area (Å²) in [6.45, 7) is 1.02. The van der Waals surface area contributed by atoms with Crippen LogP contribution in [-0.2, 0) is 10.9 Å². The average Bonchev–Trinajstić information content (AvgIpc) is 3.45. The number of hydrogen-bond donors (Lipinski definition) is 3. The van der Waals surface area contributed by atoms with Crippen molar-refractivity contribution in [1.29, 1.82) is 0 Å². The van der Waals surface area contributed by atoms with E-state index in [0.29, 0.717) is 46.9 Å². The third kappa shape index (κ3) is 5.27. The van der Waals surface area contributed by atoms with Crippen LogP contribution in [0.4, 0.5) is 18.3 Å². The largest absolute Gasteiger partial charge is 0.492 e. The van der Waals surface area contributed by atoms with Gasteiger partial charge in [0.15, 0.2) is 5.13 Å². The lowest BCUT2D eigenvalue weighted by atomic mass is 9.97. The van der Waals surface area contributed by atoms with E-state index in [2.05, 4.69) is 15.2 Å². The summed E-state index contributed by atoms with van der Waals surface area (Å²) in [5, 5.41) is 28.3. The van der Waals surface area contributed by atoms with Crippen molar-refractivity contribution in [3.05, 3.63) is 68.1 Å². The van der Waals surface area contributed by atoms with E-state index in [0.717, 1.165) is 17.4 Å². The molecule has 1 saturated heterocycles. The van der Waals surface area contributed by atoms with Crippen LogP contribution in [0.25, 0.3) is 22.6 Å². The van der Waals surface area contributed by atoms with Crippen LogP contribution in [0.1, 0.15) is 21.6 Å². The summed E-state index contributed by atoms with van der Waals surface area (Å²) < 4.78 is 47.1. The highest BCUT2D eigenvalue weighted by Gasteiger charge is 2.33. The van der Waals surface area contributed by atoms with Crippen LogP contribution in [0.15, 0.2) is 36.4 Å². The lowest BCUT2D eigenvalue weighted by Crippen LogP contribution is -2.44. The Balaban J connectivity index is 1.68. The summed E-state index contributed by atoms with van der Waals surface area (Å²) in [5.41, 5.74) is 0.336. The van der Waals surface area contributed by atoms with Crippen LogP contribution < -0.4 is 4.90 Å². The van der Waals surface area contributed by atoms with Crippen molar-refractivity contribution in [3.63, 3.8) is 0 Å². The molecule has 3 heterocycles. The molecule has 2 aromatic carbocycles. The van der Waals surface area contributed by atoms with E-state index in [-0.39, 0.29) is 33.1 Å². The summed E-state index contributed by atoms with van der Waals surface area (Å²) in [6.07, 6.45) is -3.72. The maximum atomic E-state index is 13.9. The summed E-state index contributed by atoms with van der Waals surface area (Å²) in [6, 6.07) is 8.57. The molecule has 1 aliphatic rings. The Morgan fingerprint density at radius 3 is 2.81 bits per heavy atom. The Morgan fingerprint density at radius 2 is 2.05 bits per heavy atom. The molecule has 3 N–H and O–H groups in total. The molecule has 1 atom stereocenters. The molecule has 1 aliphatic heterocycles. The molecule has 0 radical (unpaired) electrons. The quantitative estimate of drug-likeness (QED) is 0.261. The molecular formula is C24H19Cl2F3N4O3S. The highest BCUT2D eigenvalue weighted by atomic mass is 35.5. The number of H-pyrrole nitrogens is 1. The average molecular weight is 571 g/mol. The standard InChI is InChI=1S/C24H19Cl2F3N4O3S/c25-14-3-1-13(18(9-14)24(27,28)29)8-16(12-2-4-19-17(7-12)21(26)32-31-19)20-22(35)30-23(37-20)33-5-6-36-15(10-33)11-34/h1-4,7-9,15,34-35H,5-6,10-11H2,(H,31,32). The van der Waals surface area contributed by atoms with Gasteiger partial charge in [-0.25, -0.2) is 0 Å².